The molecular formula is C9H14N4O2S. The van der Waals surface area contributed by atoms with E-state index in [0.717, 1.165) is 5.01 Å². The quantitative estimate of drug-likeness (QED) is 0.790. The number of anilines is 1. The first-order valence-corrected chi connectivity index (χ1v) is 5.80. The number of carbonyl (C=O) groups is 2. The minimum absolute atomic E-state index is 0.350. The molecule has 16 heavy (non-hydrogen) atoms. The molecule has 0 aliphatic rings. The number of amides is 2. The van der Waals surface area contributed by atoms with Crippen LogP contribution in [0.2, 0.25) is 0 Å². The highest BCUT2D eigenvalue weighted by atomic mass is 32.1. The molecule has 0 saturated heterocycles. The third-order valence-corrected chi connectivity index (χ3v) is 2.75. The molecule has 0 aliphatic heterocycles. The van der Waals surface area contributed by atoms with Gasteiger partial charge in [0.05, 0.1) is 0 Å². The monoisotopic (exact) mass is 242 g/mol. The number of aryl methyl sites for hydroxylation is 1. The number of likely N-dealkylation sites (N-methyl/N-ethyl adjacent to an activating group) is 1. The summed E-state index contributed by atoms with van der Waals surface area (Å²) in [6.45, 7) is 6.45. The van der Waals surface area contributed by atoms with E-state index < -0.39 is 11.8 Å². The molecule has 1 rings (SSSR count). The first-order chi connectivity index (χ1) is 7.58. The summed E-state index contributed by atoms with van der Waals surface area (Å²) in [7, 11) is 0. The lowest BCUT2D eigenvalue weighted by atomic mass is 10.4. The van der Waals surface area contributed by atoms with Crippen molar-refractivity contribution in [1.29, 1.82) is 0 Å². The topological polar surface area (TPSA) is 75.2 Å². The molecule has 0 radical (unpaired) electrons. The molecule has 6 nitrogen and oxygen atoms in total. The molecule has 1 aromatic rings. The van der Waals surface area contributed by atoms with Gasteiger partial charge in [-0.15, -0.1) is 10.2 Å². The SMILES string of the molecule is CCN(CC)C(=O)C(=O)Nc1nnc(C)s1. The Morgan fingerprint density at radius 1 is 1.31 bits per heavy atom. The maximum atomic E-state index is 11.6. The zero-order valence-corrected chi connectivity index (χ0v) is 10.3. The fourth-order valence-electron chi connectivity index (χ4n) is 1.15. The molecule has 0 aromatic carbocycles. The van der Waals surface area contributed by atoms with E-state index in [1.807, 2.05) is 13.8 Å². The van der Waals surface area contributed by atoms with Crippen LogP contribution in [-0.4, -0.2) is 40.0 Å². The molecule has 0 aliphatic carbocycles. The second kappa shape index (κ2) is 5.55. The first-order valence-electron chi connectivity index (χ1n) is 4.98. The molecule has 1 aromatic heterocycles. The van der Waals surface area contributed by atoms with Gasteiger partial charge in [0.15, 0.2) is 0 Å². The van der Waals surface area contributed by atoms with Crippen molar-refractivity contribution in [1.82, 2.24) is 15.1 Å². The maximum absolute atomic E-state index is 11.6. The first kappa shape index (κ1) is 12.6. The molecule has 7 heteroatoms. The molecule has 1 N–H and O–H groups in total. The zero-order chi connectivity index (χ0) is 12.1. The largest absolute Gasteiger partial charge is 0.335 e. The zero-order valence-electron chi connectivity index (χ0n) is 9.48. The average Bonchev–Trinajstić information content (AvgIpc) is 2.65. The Labute approximate surface area is 97.7 Å². The minimum Gasteiger partial charge on any atom is -0.335 e. The van der Waals surface area contributed by atoms with Gasteiger partial charge in [0, 0.05) is 13.1 Å². The molecule has 1 heterocycles. The Morgan fingerprint density at radius 3 is 2.38 bits per heavy atom. The Morgan fingerprint density at radius 2 is 1.94 bits per heavy atom. The van der Waals surface area contributed by atoms with E-state index in [2.05, 4.69) is 15.5 Å². The highest BCUT2D eigenvalue weighted by Crippen LogP contribution is 2.13. The van der Waals surface area contributed by atoms with Gasteiger partial charge < -0.3 is 4.90 Å². The van der Waals surface area contributed by atoms with Gasteiger partial charge >= 0.3 is 11.8 Å². The summed E-state index contributed by atoms with van der Waals surface area (Å²) < 4.78 is 0. The Balaban J connectivity index is 2.61. The van der Waals surface area contributed by atoms with Gasteiger partial charge in [-0.1, -0.05) is 11.3 Å². The summed E-state index contributed by atoms with van der Waals surface area (Å²) in [5, 5.41) is 11.0. The number of hydrogen-bond acceptors (Lipinski definition) is 5. The van der Waals surface area contributed by atoms with Crippen LogP contribution in [0.3, 0.4) is 0 Å². The van der Waals surface area contributed by atoms with Crippen molar-refractivity contribution in [3.8, 4) is 0 Å². The minimum atomic E-state index is -0.667. The smallest absolute Gasteiger partial charge is 0.315 e. The standard InChI is InChI=1S/C9H14N4O2S/c1-4-13(5-2)8(15)7(14)10-9-12-11-6(3)16-9/h4-5H2,1-3H3,(H,10,12,14). The normalized spacial score (nSPS) is 9.94. The van der Waals surface area contributed by atoms with Crippen molar-refractivity contribution >= 4 is 28.3 Å². The molecule has 0 unspecified atom stereocenters. The third kappa shape index (κ3) is 2.99. The number of rotatable bonds is 3. The van der Waals surface area contributed by atoms with Gasteiger partial charge in [-0.25, -0.2) is 0 Å². The van der Waals surface area contributed by atoms with E-state index >= 15 is 0 Å². The van der Waals surface area contributed by atoms with Crippen LogP contribution in [0.4, 0.5) is 5.13 Å². The maximum Gasteiger partial charge on any atom is 0.315 e. The Kier molecular flexibility index (Phi) is 4.36. The van der Waals surface area contributed by atoms with Gasteiger partial charge in [-0.3, -0.25) is 14.9 Å². The predicted octanol–water partition coefficient (Wildman–Crippen LogP) is 0.653. The number of aromatic nitrogens is 2. The van der Waals surface area contributed by atoms with Gasteiger partial charge in [0.2, 0.25) is 5.13 Å². The highest BCUT2D eigenvalue weighted by molar-refractivity contribution is 7.15. The van der Waals surface area contributed by atoms with Crippen molar-refractivity contribution < 1.29 is 9.59 Å². The van der Waals surface area contributed by atoms with E-state index in [0.29, 0.717) is 18.2 Å². The fraction of sp³-hybridized carbons (Fsp3) is 0.556. The molecule has 0 atom stereocenters. The molecule has 0 fully saturated rings. The lowest BCUT2D eigenvalue weighted by molar-refractivity contribution is -0.142. The number of hydrogen-bond donors (Lipinski definition) is 1. The highest BCUT2D eigenvalue weighted by Gasteiger charge is 2.20. The van der Waals surface area contributed by atoms with Crippen molar-refractivity contribution in [3.05, 3.63) is 5.01 Å². The number of nitrogens with one attached hydrogen (secondary N) is 1. The van der Waals surface area contributed by atoms with E-state index in [-0.39, 0.29) is 0 Å². The molecule has 0 spiro atoms. The molecule has 0 bridgehead atoms. The number of nitrogens with zero attached hydrogens (tertiary/aromatic N) is 3. The predicted molar refractivity (Wildman–Crippen MR) is 61.2 cm³/mol. The molecule has 88 valence electrons. The summed E-state index contributed by atoms with van der Waals surface area (Å²) in [5.74, 6) is -1.21. The van der Waals surface area contributed by atoms with Crippen molar-refractivity contribution in [3.63, 3.8) is 0 Å². The van der Waals surface area contributed by atoms with Crippen LogP contribution in [0.25, 0.3) is 0 Å². The summed E-state index contributed by atoms with van der Waals surface area (Å²) in [6.07, 6.45) is 0. The van der Waals surface area contributed by atoms with E-state index in [1.54, 1.807) is 6.92 Å². The molecular weight excluding hydrogens is 228 g/mol. The average molecular weight is 242 g/mol. The lowest BCUT2D eigenvalue weighted by Gasteiger charge is -2.16. The summed E-state index contributed by atoms with van der Waals surface area (Å²) in [6, 6.07) is 0. The van der Waals surface area contributed by atoms with Gasteiger partial charge in [-0.05, 0) is 20.8 Å². The van der Waals surface area contributed by atoms with Crippen LogP contribution in [0, 0.1) is 6.92 Å². The molecule has 0 saturated carbocycles. The van der Waals surface area contributed by atoms with Crippen LogP contribution in [-0.2, 0) is 9.59 Å². The van der Waals surface area contributed by atoms with Gasteiger partial charge in [0.1, 0.15) is 5.01 Å². The second-order valence-electron chi connectivity index (χ2n) is 3.06. The van der Waals surface area contributed by atoms with E-state index in [1.165, 1.54) is 16.2 Å². The van der Waals surface area contributed by atoms with Crippen LogP contribution < -0.4 is 5.32 Å². The van der Waals surface area contributed by atoms with Gasteiger partial charge in [0.25, 0.3) is 0 Å². The van der Waals surface area contributed by atoms with Crippen molar-refractivity contribution in [2.75, 3.05) is 18.4 Å². The van der Waals surface area contributed by atoms with Crippen LogP contribution >= 0.6 is 11.3 Å². The van der Waals surface area contributed by atoms with Crippen LogP contribution in [0.15, 0.2) is 0 Å². The summed E-state index contributed by atoms with van der Waals surface area (Å²) in [4.78, 5) is 24.6. The Bertz CT molecular complexity index is 387. The van der Waals surface area contributed by atoms with Crippen LogP contribution in [0.1, 0.15) is 18.9 Å². The summed E-state index contributed by atoms with van der Waals surface area (Å²) >= 11 is 1.24. The van der Waals surface area contributed by atoms with Crippen molar-refractivity contribution in [2.45, 2.75) is 20.8 Å². The van der Waals surface area contributed by atoms with E-state index in [4.69, 9.17) is 0 Å². The number of carbonyl (C=O) groups excluding carboxylic acids is 2. The van der Waals surface area contributed by atoms with Crippen LogP contribution in [0.5, 0.6) is 0 Å². The lowest BCUT2D eigenvalue weighted by Crippen LogP contribution is -2.39. The van der Waals surface area contributed by atoms with E-state index in [9.17, 15) is 9.59 Å². The summed E-state index contributed by atoms with van der Waals surface area (Å²) in [5.41, 5.74) is 0. The molecule has 2 amide bonds. The van der Waals surface area contributed by atoms with Gasteiger partial charge in [-0.2, -0.15) is 0 Å². The fourth-order valence-corrected chi connectivity index (χ4v) is 1.74. The third-order valence-electron chi connectivity index (χ3n) is 1.99. The Hall–Kier alpha value is -1.50. The van der Waals surface area contributed by atoms with Crippen molar-refractivity contribution in [2.24, 2.45) is 0 Å². The second-order valence-corrected chi connectivity index (χ2v) is 4.24.